The van der Waals surface area contributed by atoms with Crippen LogP contribution in [0.4, 0.5) is 5.69 Å². The van der Waals surface area contributed by atoms with Crippen LogP contribution in [0.3, 0.4) is 0 Å². The van der Waals surface area contributed by atoms with Gasteiger partial charge in [0.15, 0.2) is 5.50 Å². The standard InChI is InChI=1S/C25H22Br2N2O2S/c1-2-16-8-10-19(11-9-16)28-25-29-24(30)22(32-25)14-18-12-20(26)23(21(27)13-18)31-15-17-6-4-3-5-7-17/h3-14,25,28H,2,15H2,1H3,(H,29,30)/b22-14-/t25-/m0/s1. The molecular formula is C25H22Br2N2O2S. The Bertz CT molecular complexity index is 1110. The van der Waals surface area contributed by atoms with E-state index in [9.17, 15) is 4.79 Å². The van der Waals surface area contributed by atoms with Crippen molar-refractivity contribution < 1.29 is 9.53 Å². The minimum absolute atomic E-state index is 0.0886. The largest absolute Gasteiger partial charge is 0.487 e. The first kappa shape index (κ1) is 23.0. The molecule has 164 valence electrons. The maximum absolute atomic E-state index is 12.5. The molecule has 1 atom stereocenters. The van der Waals surface area contributed by atoms with Crippen molar-refractivity contribution >= 4 is 61.3 Å². The van der Waals surface area contributed by atoms with Gasteiger partial charge in [0.05, 0.1) is 13.9 Å². The van der Waals surface area contributed by atoms with Crippen LogP contribution in [0.15, 0.2) is 80.6 Å². The van der Waals surface area contributed by atoms with Crippen LogP contribution in [0.5, 0.6) is 5.75 Å². The van der Waals surface area contributed by atoms with Crippen molar-refractivity contribution in [3.63, 3.8) is 0 Å². The molecule has 0 unspecified atom stereocenters. The maximum Gasteiger partial charge on any atom is 0.260 e. The van der Waals surface area contributed by atoms with Gasteiger partial charge >= 0.3 is 0 Å². The highest BCUT2D eigenvalue weighted by atomic mass is 79.9. The molecule has 1 amide bonds. The third-order valence-corrected chi connectivity index (χ3v) is 7.14. The average Bonchev–Trinajstić information content (AvgIpc) is 3.12. The minimum atomic E-state index is -0.207. The lowest BCUT2D eigenvalue weighted by atomic mass is 10.1. The zero-order chi connectivity index (χ0) is 22.5. The van der Waals surface area contributed by atoms with E-state index in [-0.39, 0.29) is 11.4 Å². The molecule has 1 heterocycles. The van der Waals surface area contributed by atoms with Gasteiger partial charge in [-0.25, -0.2) is 0 Å². The molecule has 4 rings (SSSR count). The van der Waals surface area contributed by atoms with Crippen LogP contribution < -0.4 is 15.4 Å². The number of thioether (sulfide) groups is 1. The van der Waals surface area contributed by atoms with Crippen LogP contribution in [0.25, 0.3) is 6.08 Å². The molecule has 2 N–H and O–H groups in total. The van der Waals surface area contributed by atoms with Crippen LogP contribution in [0.2, 0.25) is 0 Å². The normalized spacial score (nSPS) is 16.8. The van der Waals surface area contributed by atoms with E-state index in [1.807, 2.05) is 60.7 Å². The van der Waals surface area contributed by atoms with Gasteiger partial charge in [0, 0.05) is 5.69 Å². The van der Waals surface area contributed by atoms with Crippen LogP contribution >= 0.6 is 43.6 Å². The summed E-state index contributed by atoms with van der Waals surface area (Å²) < 4.78 is 7.64. The molecule has 0 saturated carbocycles. The van der Waals surface area contributed by atoms with Crippen LogP contribution in [-0.4, -0.2) is 11.4 Å². The van der Waals surface area contributed by atoms with Crippen molar-refractivity contribution in [2.75, 3.05) is 5.32 Å². The number of hydrogen-bond donors (Lipinski definition) is 2. The zero-order valence-electron chi connectivity index (χ0n) is 17.4. The number of rotatable bonds is 7. The summed E-state index contributed by atoms with van der Waals surface area (Å²) in [7, 11) is 0. The summed E-state index contributed by atoms with van der Waals surface area (Å²) in [5.41, 5.74) is 4.06. The molecule has 1 saturated heterocycles. The van der Waals surface area contributed by atoms with Gasteiger partial charge in [0.2, 0.25) is 0 Å². The fraction of sp³-hybridized carbons (Fsp3) is 0.160. The van der Waals surface area contributed by atoms with Gasteiger partial charge in [-0.3, -0.25) is 4.79 Å². The number of aryl methyl sites for hydroxylation is 1. The third-order valence-electron chi connectivity index (χ3n) is 4.94. The lowest BCUT2D eigenvalue weighted by molar-refractivity contribution is -0.116. The summed E-state index contributed by atoms with van der Waals surface area (Å²) in [6.45, 7) is 2.61. The fourth-order valence-electron chi connectivity index (χ4n) is 3.24. The topological polar surface area (TPSA) is 50.4 Å². The number of hydrogen-bond acceptors (Lipinski definition) is 4. The van der Waals surface area contributed by atoms with E-state index in [0.717, 1.165) is 37.9 Å². The highest BCUT2D eigenvalue weighted by Crippen LogP contribution is 2.37. The smallest absolute Gasteiger partial charge is 0.260 e. The van der Waals surface area contributed by atoms with Gasteiger partial charge in [-0.15, -0.1) is 0 Å². The zero-order valence-corrected chi connectivity index (χ0v) is 21.4. The number of carbonyl (C=O) groups excluding carboxylic acids is 1. The fourth-order valence-corrected chi connectivity index (χ4v) is 5.67. The van der Waals surface area contributed by atoms with Crippen LogP contribution in [-0.2, 0) is 17.8 Å². The van der Waals surface area contributed by atoms with Gasteiger partial charge in [0.1, 0.15) is 12.4 Å². The van der Waals surface area contributed by atoms with Crippen LogP contribution in [0, 0.1) is 0 Å². The summed E-state index contributed by atoms with van der Waals surface area (Å²) >= 11 is 8.67. The van der Waals surface area contributed by atoms with Gasteiger partial charge in [-0.1, -0.05) is 61.2 Å². The Hall–Kier alpha value is -2.22. The first-order valence-electron chi connectivity index (χ1n) is 10.2. The highest BCUT2D eigenvalue weighted by molar-refractivity contribution is 9.11. The lowest BCUT2D eigenvalue weighted by Gasteiger charge is -2.13. The van der Waals surface area contributed by atoms with Crippen molar-refractivity contribution in [1.82, 2.24) is 5.32 Å². The van der Waals surface area contributed by atoms with Gasteiger partial charge in [-0.05, 0) is 85.3 Å². The molecule has 0 aliphatic carbocycles. The minimum Gasteiger partial charge on any atom is -0.487 e. The van der Waals surface area contributed by atoms with E-state index in [0.29, 0.717) is 11.5 Å². The number of ether oxygens (including phenoxy) is 1. The number of benzene rings is 3. The molecule has 1 aliphatic rings. The summed E-state index contributed by atoms with van der Waals surface area (Å²) in [5.74, 6) is 0.643. The molecule has 32 heavy (non-hydrogen) atoms. The van der Waals surface area contributed by atoms with E-state index in [2.05, 4.69) is 61.5 Å². The Morgan fingerprint density at radius 2 is 1.72 bits per heavy atom. The summed E-state index contributed by atoms with van der Waals surface area (Å²) in [5, 5.41) is 6.33. The Morgan fingerprint density at radius 3 is 2.38 bits per heavy atom. The molecule has 3 aromatic carbocycles. The second-order valence-electron chi connectivity index (χ2n) is 7.26. The number of halogens is 2. The predicted octanol–water partition coefficient (Wildman–Crippen LogP) is 6.95. The molecule has 0 bridgehead atoms. The van der Waals surface area contributed by atoms with E-state index in [1.54, 1.807) is 0 Å². The second kappa shape index (κ2) is 10.6. The summed E-state index contributed by atoms with van der Waals surface area (Å²) in [6, 6.07) is 22.2. The van der Waals surface area contributed by atoms with Crippen molar-refractivity contribution in [3.8, 4) is 5.75 Å². The van der Waals surface area contributed by atoms with E-state index in [1.165, 1.54) is 17.3 Å². The van der Waals surface area contributed by atoms with Crippen molar-refractivity contribution in [3.05, 3.63) is 97.3 Å². The van der Waals surface area contributed by atoms with Crippen molar-refractivity contribution in [1.29, 1.82) is 0 Å². The summed E-state index contributed by atoms with van der Waals surface area (Å²) in [6.07, 6.45) is 2.89. The number of carbonyl (C=O) groups is 1. The maximum atomic E-state index is 12.5. The van der Waals surface area contributed by atoms with Crippen molar-refractivity contribution in [2.45, 2.75) is 25.4 Å². The van der Waals surface area contributed by atoms with Gasteiger partial charge in [0.25, 0.3) is 5.91 Å². The van der Waals surface area contributed by atoms with E-state index < -0.39 is 0 Å². The molecule has 1 aliphatic heterocycles. The summed E-state index contributed by atoms with van der Waals surface area (Å²) in [4.78, 5) is 13.1. The molecule has 0 radical (unpaired) electrons. The number of anilines is 1. The van der Waals surface area contributed by atoms with Crippen molar-refractivity contribution in [2.24, 2.45) is 0 Å². The molecule has 0 spiro atoms. The Morgan fingerprint density at radius 1 is 1.03 bits per heavy atom. The quantitative estimate of drug-likeness (QED) is 0.300. The predicted molar refractivity (Wildman–Crippen MR) is 140 cm³/mol. The SMILES string of the molecule is CCc1ccc(N[C@H]2NC(=O)/C(=C/c3cc(Br)c(OCc4ccccc4)c(Br)c3)S2)cc1. The lowest BCUT2D eigenvalue weighted by Crippen LogP contribution is -2.30. The van der Waals surface area contributed by atoms with E-state index in [4.69, 9.17) is 4.74 Å². The monoisotopic (exact) mass is 572 g/mol. The Balaban J connectivity index is 1.44. The van der Waals surface area contributed by atoms with Crippen LogP contribution in [0.1, 0.15) is 23.6 Å². The molecule has 7 heteroatoms. The third kappa shape index (κ3) is 5.77. The highest BCUT2D eigenvalue weighted by Gasteiger charge is 2.27. The second-order valence-corrected chi connectivity index (χ2v) is 10.1. The van der Waals surface area contributed by atoms with E-state index >= 15 is 0 Å². The molecule has 0 aromatic heterocycles. The average molecular weight is 574 g/mol. The molecular weight excluding hydrogens is 552 g/mol. The van der Waals surface area contributed by atoms with Gasteiger partial charge in [-0.2, -0.15) is 0 Å². The Labute approximate surface area is 209 Å². The molecule has 1 fully saturated rings. The number of nitrogens with one attached hydrogen (secondary N) is 2. The molecule has 3 aromatic rings. The first-order valence-corrected chi connectivity index (χ1v) is 12.7. The van der Waals surface area contributed by atoms with Gasteiger partial charge < -0.3 is 15.4 Å². The molecule has 4 nitrogen and oxygen atoms in total. The number of amides is 1. The first-order chi connectivity index (χ1) is 15.5. The Kier molecular flexibility index (Phi) is 7.60.